The number of hydrogen-bond acceptors (Lipinski definition) is 9. The van der Waals surface area contributed by atoms with Crippen molar-refractivity contribution in [1.29, 1.82) is 0 Å². The summed E-state index contributed by atoms with van der Waals surface area (Å²) in [5, 5.41) is 43.8. The Bertz CT molecular complexity index is 1290. The van der Waals surface area contributed by atoms with E-state index < -0.39 is 92.1 Å². The van der Waals surface area contributed by atoms with Crippen LogP contribution in [0.4, 0.5) is 8.78 Å². The van der Waals surface area contributed by atoms with Gasteiger partial charge in [0.1, 0.15) is 22.9 Å². The van der Waals surface area contributed by atoms with Crippen LogP contribution in [0, 0.1) is 23.5 Å². The van der Waals surface area contributed by atoms with Gasteiger partial charge in [-0.1, -0.05) is 0 Å². The highest BCUT2D eigenvalue weighted by Crippen LogP contribution is 2.53. The molecule has 10 nitrogen and oxygen atoms in total. The second-order valence-corrected chi connectivity index (χ2v) is 10.0. The van der Waals surface area contributed by atoms with E-state index >= 15 is 4.39 Å². The van der Waals surface area contributed by atoms with Crippen LogP contribution in [0.1, 0.15) is 23.1 Å². The minimum absolute atomic E-state index is 0.187. The zero-order valence-corrected chi connectivity index (χ0v) is 20.1. The maximum atomic E-state index is 15.5. The first-order chi connectivity index (χ1) is 16.7. The zero-order valence-electron chi connectivity index (χ0n) is 20.1. The molecule has 4 atom stereocenters. The van der Waals surface area contributed by atoms with Gasteiger partial charge in [0.15, 0.2) is 23.0 Å². The fourth-order valence-electron chi connectivity index (χ4n) is 5.82. The molecular weight excluding hydrogens is 480 g/mol. The Kier molecular flexibility index (Phi) is 5.97. The number of aliphatic hydroxyl groups is 3. The lowest BCUT2D eigenvalue weighted by Crippen LogP contribution is -2.65. The van der Waals surface area contributed by atoms with E-state index in [1.54, 1.807) is 14.1 Å². The van der Waals surface area contributed by atoms with E-state index in [4.69, 9.17) is 5.73 Å². The quantitative estimate of drug-likeness (QED) is 0.361. The molecule has 1 amide bonds. The van der Waals surface area contributed by atoms with E-state index in [1.807, 2.05) is 0 Å². The van der Waals surface area contributed by atoms with Gasteiger partial charge in [-0.25, -0.2) is 8.78 Å². The highest BCUT2D eigenvalue weighted by atomic mass is 19.1. The molecule has 0 aromatic heterocycles. The molecule has 0 unspecified atom stereocenters. The molecule has 0 radical (unpaired) electrons. The number of fused-ring (bicyclic) bond motifs is 3. The third-order valence-corrected chi connectivity index (χ3v) is 7.33. The maximum Gasteiger partial charge on any atom is 0.255 e. The summed E-state index contributed by atoms with van der Waals surface area (Å²) in [4.78, 5) is 41.5. The fourth-order valence-corrected chi connectivity index (χ4v) is 5.82. The molecule has 1 saturated carbocycles. The molecule has 0 bridgehead atoms. The van der Waals surface area contributed by atoms with Gasteiger partial charge in [0, 0.05) is 29.2 Å². The average Bonchev–Trinajstić information content (AvgIpc) is 2.76. The molecule has 4 rings (SSSR count). The predicted molar refractivity (Wildman–Crippen MR) is 122 cm³/mol. The van der Waals surface area contributed by atoms with Gasteiger partial charge in [-0.2, -0.15) is 0 Å². The van der Waals surface area contributed by atoms with Gasteiger partial charge in [0.2, 0.25) is 5.78 Å². The number of aliphatic hydroxyl groups excluding tert-OH is 2. The molecule has 1 fully saturated rings. The van der Waals surface area contributed by atoms with Crippen molar-refractivity contribution in [2.75, 3.05) is 28.2 Å². The lowest BCUT2D eigenvalue weighted by atomic mass is 9.57. The van der Waals surface area contributed by atoms with Crippen LogP contribution in [-0.2, 0) is 27.3 Å². The van der Waals surface area contributed by atoms with Crippen LogP contribution in [0.5, 0.6) is 5.75 Å². The number of phenols is 1. The molecule has 3 aliphatic rings. The van der Waals surface area contributed by atoms with Gasteiger partial charge >= 0.3 is 0 Å². The van der Waals surface area contributed by atoms with Crippen molar-refractivity contribution in [1.82, 2.24) is 9.80 Å². The lowest BCUT2D eigenvalue weighted by Gasteiger charge is -2.50. The van der Waals surface area contributed by atoms with Crippen LogP contribution in [-0.4, -0.2) is 87.5 Å². The molecular formula is C24H27F2N3O7. The number of ketones is 2. The number of carbonyl (C=O) groups excluding carboxylic acids is 3. The van der Waals surface area contributed by atoms with Crippen LogP contribution < -0.4 is 5.73 Å². The van der Waals surface area contributed by atoms with Crippen LogP contribution in [0.2, 0.25) is 0 Å². The number of primary amides is 1. The Morgan fingerprint density at radius 3 is 2.25 bits per heavy atom. The van der Waals surface area contributed by atoms with Crippen LogP contribution in [0.25, 0.3) is 5.76 Å². The largest absolute Gasteiger partial charge is 0.508 e. The van der Waals surface area contributed by atoms with E-state index in [0.29, 0.717) is 0 Å². The number of Topliss-reactive ketones (excluding diaryl/α,β-unsaturated/α-hetero) is 2. The molecule has 1 aromatic rings. The van der Waals surface area contributed by atoms with Crippen molar-refractivity contribution in [3.05, 3.63) is 45.2 Å². The molecule has 6 N–H and O–H groups in total. The van der Waals surface area contributed by atoms with Gasteiger partial charge in [0.25, 0.3) is 5.91 Å². The average molecular weight is 507 g/mol. The van der Waals surface area contributed by atoms with Gasteiger partial charge in [-0.05, 0) is 47.0 Å². The Hall–Kier alpha value is -3.35. The number of halogens is 2. The van der Waals surface area contributed by atoms with E-state index in [2.05, 4.69) is 0 Å². The van der Waals surface area contributed by atoms with Crippen molar-refractivity contribution < 1.29 is 43.6 Å². The van der Waals surface area contributed by atoms with E-state index in [9.17, 15) is 39.2 Å². The molecule has 0 saturated heterocycles. The van der Waals surface area contributed by atoms with Crippen molar-refractivity contribution >= 4 is 23.2 Å². The third kappa shape index (κ3) is 3.28. The van der Waals surface area contributed by atoms with Gasteiger partial charge in [0.05, 0.1) is 11.6 Å². The third-order valence-electron chi connectivity index (χ3n) is 7.33. The number of hydrogen-bond donors (Lipinski definition) is 5. The van der Waals surface area contributed by atoms with Gasteiger partial charge in [-0.3, -0.25) is 19.3 Å². The number of nitrogens with zero attached hydrogens (tertiary/aromatic N) is 2. The molecule has 0 spiro atoms. The molecule has 12 heteroatoms. The highest BCUT2D eigenvalue weighted by molar-refractivity contribution is 6.24. The van der Waals surface area contributed by atoms with Gasteiger partial charge in [-0.15, -0.1) is 0 Å². The number of likely N-dealkylation sites (N-methyl/N-ethyl adjacent to an activating group) is 1. The van der Waals surface area contributed by atoms with E-state index in [0.717, 1.165) is 0 Å². The second-order valence-electron chi connectivity index (χ2n) is 10.0. The normalized spacial score (nSPS) is 28.0. The molecule has 1 aromatic carbocycles. The second kappa shape index (κ2) is 8.36. The van der Waals surface area contributed by atoms with Gasteiger partial charge < -0.3 is 31.1 Å². The first-order valence-corrected chi connectivity index (χ1v) is 11.2. The Morgan fingerprint density at radius 1 is 1.11 bits per heavy atom. The molecule has 0 aliphatic heterocycles. The minimum Gasteiger partial charge on any atom is -0.508 e. The molecule has 0 heterocycles. The van der Waals surface area contributed by atoms with E-state index in [1.165, 1.54) is 23.9 Å². The summed E-state index contributed by atoms with van der Waals surface area (Å²) in [6.45, 7) is -0.187. The van der Waals surface area contributed by atoms with Crippen molar-refractivity contribution in [2.24, 2.45) is 17.6 Å². The number of benzene rings is 1. The first kappa shape index (κ1) is 25.7. The molecule has 3 aliphatic carbocycles. The molecule has 36 heavy (non-hydrogen) atoms. The molecule has 194 valence electrons. The number of nitrogens with two attached hydrogens (primary N) is 1. The lowest BCUT2D eigenvalue weighted by molar-refractivity contribution is -0.153. The summed E-state index contributed by atoms with van der Waals surface area (Å²) in [7, 11) is 6.10. The van der Waals surface area contributed by atoms with Crippen LogP contribution in [0.15, 0.2) is 16.9 Å². The summed E-state index contributed by atoms with van der Waals surface area (Å²) >= 11 is 0. The number of phenolic OH excluding ortho intramolecular Hbond substituents is 1. The van der Waals surface area contributed by atoms with Crippen molar-refractivity contribution in [2.45, 2.75) is 31.0 Å². The Labute approximate surface area is 204 Å². The minimum atomic E-state index is -2.82. The van der Waals surface area contributed by atoms with E-state index in [-0.39, 0.29) is 24.9 Å². The standard InChI is InChI=1S/C24H27F2N3O7/c1-28(2)7-10-15(25)9-5-8-6-11-17(29(3)4)20(32)14(23(27)35)22(34)24(11,36)21(33)12(8)18(30)13(9)19(31)16(10)26/h8,11,17,30-31,34,36H,5-7H2,1-4H3,(H2,27,35)/t8-,11-,17-,24-/m0/s1. The summed E-state index contributed by atoms with van der Waals surface area (Å²) in [6.07, 6.45) is -0.443. The maximum absolute atomic E-state index is 15.5. The summed E-state index contributed by atoms with van der Waals surface area (Å²) in [5.74, 6) is -11.3. The number of amides is 1. The Balaban J connectivity index is 1.98. The monoisotopic (exact) mass is 507 g/mol. The highest BCUT2D eigenvalue weighted by Gasteiger charge is 2.64. The number of carbonyl (C=O) groups is 3. The number of rotatable bonds is 4. The summed E-state index contributed by atoms with van der Waals surface area (Å²) in [6, 6.07) is -1.25. The van der Waals surface area contributed by atoms with Crippen LogP contribution in [0.3, 0.4) is 0 Å². The summed E-state index contributed by atoms with van der Waals surface area (Å²) in [5.41, 5.74) is -0.224. The predicted octanol–water partition coefficient (Wildman–Crippen LogP) is 0.304. The van der Waals surface area contributed by atoms with Crippen molar-refractivity contribution in [3.8, 4) is 5.75 Å². The van der Waals surface area contributed by atoms with Crippen LogP contribution >= 0.6 is 0 Å². The first-order valence-electron chi connectivity index (χ1n) is 11.2. The fraction of sp³-hybridized carbons (Fsp3) is 0.458. The topological polar surface area (TPSA) is 165 Å². The Morgan fingerprint density at radius 2 is 1.72 bits per heavy atom. The van der Waals surface area contributed by atoms with Crippen molar-refractivity contribution in [3.63, 3.8) is 0 Å². The SMILES string of the molecule is CN(C)Cc1c(F)c(O)c2c(c1F)C[C@H]1C[C@H]3[C@H](N(C)C)C(=O)C(C(N)=O)=C(O)[C@@]3(O)C(=O)C1=C2O. The zero-order chi connectivity index (χ0) is 27.0. The summed E-state index contributed by atoms with van der Waals surface area (Å²) < 4.78 is 30.4. The smallest absolute Gasteiger partial charge is 0.255 e. The number of aromatic hydroxyl groups is 1.